The second-order valence-electron chi connectivity index (χ2n) is 9.20. The Labute approximate surface area is 188 Å². The summed E-state index contributed by atoms with van der Waals surface area (Å²) in [7, 11) is -3.54. The predicted octanol–water partition coefficient (Wildman–Crippen LogP) is 3.92. The summed E-state index contributed by atoms with van der Waals surface area (Å²) in [4.78, 5) is 12.9. The molecule has 7 nitrogen and oxygen atoms in total. The van der Waals surface area contributed by atoms with Gasteiger partial charge in [-0.15, -0.1) is 0 Å². The summed E-state index contributed by atoms with van der Waals surface area (Å²) in [5.74, 6) is 0.246. The lowest BCUT2D eigenvalue weighted by Gasteiger charge is -2.19. The van der Waals surface area contributed by atoms with Crippen LogP contribution in [0, 0.1) is 0 Å². The highest BCUT2D eigenvalue weighted by Gasteiger charge is 2.28. The second-order valence-corrected chi connectivity index (χ2v) is 10.9. The molecule has 0 saturated heterocycles. The lowest BCUT2D eigenvalue weighted by Crippen LogP contribution is -2.25. The van der Waals surface area contributed by atoms with Crippen molar-refractivity contribution < 1.29 is 13.2 Å². The van der Waals surface area contributed by atoms with Crippen LogP contribution in [0.3, 0.4) is 0 Å². The van der Waals surface area contributed by atoms with Crippen LogP contribution in [0.1, 0.15) is 55.1 Å². The molecule has 0 aliphatic heterocycles. The molecule has 0 atom stereocenters. The second kappa shape index (κ2) is 8.52. The molecular formula is C24H28N4O3S. The van der Waals surface area contributed by atoms with Crippen LogP contribution >= 0.6 is 0 Å². The molecule has 4 rings (SSSR count). The summed E-state index contributed by atoms with van der Waals surface area (Å²) in [5, 5.41) is 7.18. The van der Waals surface area contributed by atoms with Crippen molar-refractivity contribution in [3.8, 4) is 0 Å². The Kier molecular flexibility index (Phi) is 5.92. The van der Waals surface area contributed by atoms with Gasteiger partial charge >= 0.3 is 0 Å². The van der Waals surface area contributed by atoms with Crippen molar-refractivity contribution in [2.24, 2.45) is 0 Å². The van der Waals surface area contributed by atoms with Crippen LogP contribution in [-0.2, 0) is 22.0 Å². The Hall–Kier alpha value is -2.97. The fourth-order valence-electron chi connectivity index (χ4n) is 3.31. The Bertz CT molecular complexity index is 1200. The van der Waals surface area contributed by atoms with Gasteiger partial charge in [0, 0.05) is 17.7 Å². The molecule has 0 radical (unpaired) electrons. The number of aromatic nitrogens is 2. The third-order valence-corrected chi connectivity index (χ3v) is 6.97. The smallest absolute Gasteiger partial charge is 0.256 e. The van der Waals surface area contributed by atoms with Crippen LogP contribution in [0.2, 0.25) is 0 Å². The zero-order valence-corrected chi connectivity index (χ0v) is 19.3. The minimum Gasteiger partial charge on any atom is -0.307 e. The van der Waals surface area contributed by atoms with Gasteiger partial charge in [0.2, 0.25) is 10.0 Å². The number of rotatable bonds is 7. The molecule has 2 N–H and O–H groups in total. The average molecular weight is 453 g/mol. The molecule has 3 aromatic rings. The Morgan fingerprint density at radius 3 is 2.28 bits per heavy atom. The summed E-state index contributed by atoms with van der Waals surface area (Å²) >= 11 is 0. The van der Waals surface area contributed by atoms with Crippen LogP contribution in [0.15, 0.2) is 65.7 Å². The monoisotopic (exact) mass is 452 g/mol. The van der Waals surface area contributed by atoms with Gasteiger partial charge in [-0.2, -0.15) is 5.10 Å². The molecular weight excluding hydrogens is 424 g/mol. The Morgan fingerprint density at radius 2 is 1.69 bits per heavy atom. The van der Waals surface area contributed by atoms with Gasteiger partial charge in [-0.05, 0) is 53.6 Å². The summed E-state index contributed by atoms with van der Waals surface area (Å²) in [6.45, 7) is 7.05. The average Bonchev–Trinajstić information content (AvgIpc) is 3.45. The van der Waals surface area contributed by atoms with E-state index in [1.807, 2.05) is 0 Å². The SMILES string of the molecule is CC(C)(C)c1ccc(Cn2nccc2NC(=O)c2ccc(S(=O)(=O)NC3CC3)cc2)cc1. The van der Waals surface area contributed by atoms with Gasteiger partial charge < -0.3 is 5.32 Å². The maximum absolute atomic E-state index is 12.7. The number of carbonyl (C=O) groups excluding carboxylic acids is 1. The van der Waals surface area contributed by atoms with Gasteiger partial charge in [-0.1, -0.05) is 45.0 Å². The number of amides is 1. The maximum atomic E-state index is 12.7. The van der Waals surface area contributed by atoms with Crippen molar-refractivity contribution in [3.05, 3.63) is 77.5 Å². The first-order valence-electron chi connectivity index (χ1n) is 10.7. The molecule has 32 heavy (non-hydrogen) atoms. The lowest BCUT2D eigenvalue weighted by molar-refractivity contribution is 0.102. The lowest BCUT2D eigenvalue weighted by atomic mass is 9.87. The number of sulfonamides is 1. The van der Waals surface area contributed by atoms with E-state index >= 15 is 0 Å². The first-order valence-corrected chi connectivity index (χ1v) is 12.2. The topological polar surface area (TPSA) is 93.1 Å². The Balaban J connectivity index is 1.43. The minimum absolute atomic E-state index is 0.0351. The van der Waals surface area contributed by atoms with E-state index in [1.54, 1.807) is 16.9 Å². The van der Waals surface area contributed by atoms with E-state index in [0.29, 0.717) is 17.9 Å². The fraction of sp³-hybridized carbons (Fsp3) is 0.333. The van der Waals surface area contributed by atoms with E-state index in [9.17, 15) is 13.2 Å². The first-order chi connectivity index (χ1) is 15.1. The van der Waals surface area contributed by atoms with Crippen molar-refractivity contribution in [1.29, 1.82) is 0 Å². The highest BCUT2D eigenvalue weighted by Crippen LogP contribution is 2.24. The molecule has 0 spiro atoms. The van der Waals surface area contributed by atoms with Gasteiger partial charge in [0.15, 0.2) is 0 Å². The van der Waals surface area contributed by atoms with E-state index in [1.165, 1.54) is 29.8 Å². The summed E-state index contributed by atoms with van der Waals surface area (Å²) < 4.78 is 28.9. The number of benzene rings is 2. The first kappa shape index (κ1) is 22.2. The number of carbonyl (C=O) groups is 1. The quantitative estimate of drug-likeness (QED) is 0.568. The van der Waals surface area contributed by atoms with Crippen molar-refractivity contribution >= 4 is 21.7 Å². The predicted molar refractivity (Wildman–Crippen MR) is 124 cm³/mol. The Morgan fingerprint density at radius 1 is 1.03 bits per heavy atom. The molecule has 0 unspecified atom stereocenters. The van der Waals surface area contributed by atoms with Crippen LogP contribution in [0.25, 0.3) is 0 Å². The number of hydrogen-bond acceptors (Lipinski definition) is 4. The van der Waals surface area contributed by atoms with E-state index in [2.05, 4.69) is 60.2 Å². The molecule has 8 heteroatoms. The van der Waals surface area contributed by atoms with E-state index in [0.717, 1.165) is 18.4 Å². The highest BCUT2D eigenvalue weighted by atomic mass is 32.2. The van der Waals surface area contributed by atoms with Crippen molar-refractivity contribution in [3.63, 3.8) is 0 Å². The summed E-state index contributed by atoms with van der Waals surface area (Å²) in [6.07, 6.45) is 3.38. The van der Waals surface area contributed by atoms with Crippen molar-refractivity contribution in [1.82, 2.24) is 14.5 Å². The molecule has 1 amide bonds. The van der Waals surface area contributed by atoms with Gasteiger partial charge in [-0.3, -0.25) is 4.79 Å². The number of anilines is 1. The molecule has 1 heterocycles. The number of nitrogens with one attached hydrogen (secondary N) is 2. The molecule has 0 bridgehead atoms. The standard InChI is InChI=1S/C24H28N4O3S/c1-24(2,3)19-8-4-17(5-9-19)16-28-22(14-15-25-28)26-23(29)18-6-12-21(13-7-18)32(30,31)27-20-10-11-20/h4-9,12-15,20,27H,10-11,16H2,1-3H3,(H,26,29). The van der Waals surface area contributed by atoms with E-state index < -0.39 is 10.0 Å². The highest BCUT2D eigenvalue weighted by molar-refractivity contribution is 7.89. The molecule has 1 fully saturated rings. The fourth-order valence-corrected chi connectivity index (χ4v) is 4.62. The number of hydrogen-bond donors (Lipinski definition) is 2. The van der Waals surface area contributed by atoms with Gasteiger partial charge in [-0.25, -0.2) is 17.8 Å². The van der Waals surface area contributed by atoms with Crippen molar-refractivity contribution in [2.75, 3.05) is 5.32 Å². The van der Waals surface area contributed by atoms with Gasteiger partial charge in [0.25, 0.3) is 5.91 Å². The third kappa shape index (κ3) is 5.26. The minimum atomic E-state index is -3.54. The number of nitrogens with zero attached hydrogens (tertiary/aromatic N) is 2. The van der Waals surface area contributed by atoms with E-state index in [4.69, 9.17) is 0 Å². The molecule has 1 aliphatic carbocycles. The van der Waals surface area contributed by atoms with Gasteiger partial charge in [0.1, 0.15) is 5.82 Å². The molecule has 168 valence electrons. The largest absolute Gasteiger partial charge is 0.307 e. The summed E-state index contributed by atoms with van der Waals surface area (Å²) in [5.41, 5.74) is 2.80. The van der Waals surface area contributed by atoms with Gasteiger partial charge in [0.05, 0.1) is 17.6 Å². The molecule has 1 aliphatic rings. The van der Waals surface area contributed by atoms with Crippen LogP contribution in [0.4, 0.5) is 5.82 Å². The van der Waals surface area contributed by atoms with Crippen LogP contribution < -0.4 is 10.0 Å². The maximum Gasteiger partial charge on any atom is 0.256 e. The third-order valence-electron chi connectivity index (χ3n) is 5.44. The molecule has 2 aromatic carbocycles. The molecule has 1 aromatic heterocycles. The van der Waals surface area contributed by atoms with Crippen LogP contribution in [0.5, 0.6) is 0 Å². The van der Waals surface area contributed by atoms with E-state index in [-0.39, 0.29) is 22.3 Å². The van der Waals surface area contributed by atoms with Crippen LogP contribution in [-0.4, -0.2) is 30.1 Å². The zero-order chi connectivity index (χ0) is 22.9. The zero-order valence-electron chi connectivity index (χ0n) is 18.5. The molecule has 1 saturated carbocycles. The summed E-state index contributed by atoms with van der Waals surface area (Å²) in [6, 6.07) is 16.1. The van der Waals surface area contributed by atoms with Crippen molar-refractivity contribution in [2.45, 2.75) is 56.5 Å². The normalized spacial score (nSPS) is 14.3.